The number of thioether (sulfide) groups is 1. The number of halogens is 1. The Morgan fingerprint density at radius 2 is 2.08 bits per heavy atom. The number of hydrogen-bond acceptors (Lipinski definition) is 7. The van der Waals surface area contributed by atoms with Gasteiger partial charge in [0.05, 0.1) is 31.1 Å². The molecule has 0 spiro atoms. The van der Waals surface area contributed by atoms with E-state index in [1.54, 1.807) is 12.1 Å². The van der Waals surface area contributed by atoms with E-state index in [2.05, 4.69) is 0 Å². The fraction of sp³-hybridized carbons (Fsp3) is 0.562. The van der Waals surface area contributed by atoms with Crippen LogP contribution in [0, 0.1) is 11.7 Å². The molecule has 3 rings (SSSR count). The molecule has 2 saturated heterocycles. The molecule has 2 aliphatic heterocycles. The minimum absolute atomic E-state index is 0.0612. The van der Waals surface area contributed by atoms with Gasteiger partial charge < -0.3 is 9.64 Å². The van der Waals surface area contributed by atoms with E-state index >= 15 is 0 Å². The van der Waals surface area contributed by atoms with Gasteiger partial charge in [0, 0.05) is 30.5 Å². The molecule has 25 heavy (non-hydrogen) atoms. The van der Waals surface area contributed by atoms with Gasteiger partial charge in [0.15, 0.2) is 0 Å². The quantitative estimate of drug-likeness (QED) is 0.560. The number of esters is 1. The van der Waals surface area contributed by atoms with Gasteiger partial charge in [-0.15, -0.1) is 0 Å². The van der Waals surface area contributed by atoms with Crippen LogP contribution < -0.4 is 4.90 Å². The molecular formula is C16H20FNO5S2. The fourth-order valence-electron chi connectivity index (χ4n) is 3.11. The number of carbonyl (C=O) groups is 1. The van der Waals surface area contributed by atoms with E-state index in [4.69, 9.17) is 8.92 Å². The van der Waals surface area contributed by atoms with Crippen molar-refractivity contribution in [3.8, 4) is 0 Å². The molecule has 0 aliphatic carbocycles. The topological polar surface area (TPSA) is 72.9 Å². The van der Waals surface area contributed by atoms with Crippen molar-refractivity contribution in [2.75, 3.05) is 49.0 Å². The molecule has 0 radical (unpaired) electrons. The van der Waals surface area contributed by atoms with Crippen molar-refractivity contribution in [2.45, 2.75) is 5.92 Å². The summed E-state index contributed by atoms with van der Waals surface area (Å²) in [6, 6.07) is 4.74. The minimum Gasteiger partial charge on any atom is -0.465 e. The monoisotopic (exact) mass is 389 g/mol. The number of rotatable bonds is 5. The molecule has 1 aromatic rings. The van der Waals surface area contributed by atoms with Crippen molar-refractivity contribution in [2.24, 2.45) is 5.92 Å². The van der Waals surface area contributed by atoms with Crippen LogP contribution in [0.5, 0.6) is 0 Å². The molecule has 0 saturated carbocycles. The molecule has 2 aliphatic rings. The molecule has 1 aromatic carbocycles. The van der Waals surface area contributed by atoms with Crippen molar-refractivity contribution >= 4 is 33.5 Å². The molecular weight excluding hydrogens is 369 g/mol. The number of nitrogens with zero attached hydrogens (tertiary/aromatic N) is 1. The summed E-state index contributed by atoms with van der Waals surface area (Å²) in [7, 11) is -3.61. The van der Waals surface area contributed by atoms with E-state index in [-0.39, 0.29) is 19.0 Å². The molecule has 6 nitrogen and oxygen atoms in total. The molecule has 0 aromatic heterocycles. The SMILES string of the molecule is CS(=O)(=O)OCC1COC(=O)[C@H]1c1ccc(N2CCSCC2)c(F)c1. The lowest BCUT2D eigenvalue weighted by molar-refractivity contribution is -0.139. The third kappa shape index (κ3) is 4.45. The number of ether oxygens (including phenoxy) is 1. The molecule has 2 heterocycles. The van der Waals surface area contributed by atoms with Crippen LogP contribution in [0.1, 0.15) is 11.5 Å². The van der Waals surface area contributed by atoms with Gasteiger partial charge in [-0.2, -0.15) is 20.2 Å². The lowest BCUT2D eigenvalue weighted by Crippen LogP contribution is -2.33. The van der Waals surface area contributed by atoms with Crippen molar-refractivity contribution in [3.63, 3.8) is 0 Å². The molecule has 0 amide bonds. The Balaban J connectivity index is 1.79. The third-order valence-corrected chi connectivity index (χ3v) is 5.85. The Morgan fingerprint density at radius 3 is 2.72 bits per heavy atom. The second-order valence-electron chi connectivity index (χ2n) is 6.17. The van der Waals surface area contributed by atoms with E-state index in [9.17, 15) is 17.6 Å². The van der Waals surface area contributed by atoms with Crippen LogP contribution in [0.15, 0.2) is 18.2 Å². The zero-order valence-corrected chi connectivity index (χ0v) is 15.4. The first-order valence-corrected chi connectivity index (χ1v) is 11.0. The van der Waals surface area contributed by atoms with Gasteiger partial charge in [-0.1, -0.05) is 6.07 Å². The molecule has 138 valence electrons. The van der Waals surface area contributed by atoms with Crippen LogP contribution in [-0.2, 0) is 23.8 Å². The van der Waals surface area contributed by atoms with Gasteiger partial charge in [-0.3, -0.25) is 8.98 Å². The molecule has 9 heteroatoms. The maximum atomic E-state index is 14.6. The van der Waals surface area contributed by atoms with Gasteiger partial charge in [-0.05, 0) is 17.7 Å². The highest BCUT2D eigenvalue weighted by molar-refractivity contribution is 7.99. The fourth-order valence-corrected chi connectivity index (χ4v) is 4.43. The van der Waals surface area contributed by atoms with Crippen molar-refractivity contribution in [1.82, 2.24) is 0 Å². The Bertz CT molecular complexity index is 749. The predicted molar refractivity (Wildman–Crippen MR) is 93.9 cm³/mol. The summed E-state index contributed by atoms with van der Waals surface area (Å²) in [5, 5.41) is 0. The third-order valence-electron chi connectivity index (χ3n) is 4.34. The van der Waals surface area contributed by atoms with Crippen molar-refractivity contribution in [1.29, 1.82) is 0 Å². The molecule has 0 bridgehead atoms. The van der Waals surface area contributed by atoms with Gasteiger partial charge in [0.1, 0.15) is 5.82 Å². The maximum Gasteiger partial charge on any atom is 0.313 e. The Hall–Kier alpha value is -1.32. The maximum absolute atomic E-state index is 14.6. The minimum atomic E-state index is -3.61. The summed E-state index contributed by atoms with van der Waals surface area (Å²) in [4.78, 5) is 14.0. The van der Waals surface area contributed by atoms with E-state index in [1.807, 2.05) is 16.7 Å². The first kappa shape index (κ1) is 18.5. The van der Waals surface area contributed by atoms with E-state index in [1.165, 1.54) is 6.07 Å². The smallest absolute Gasteiger partial charge is 0.313 e. The summed E-state index contributed by atoms with van der Waals surface area (Å²) in [5.41, 5.74) is 1.01. The van der Waals surface area contributed by atoms with E-state index < -0.39 is 27.9 Å². The largest absolute Gasteiger partial charge is 0.465 e. The standard InChI is InChI=1S/C16H20FNO5S2/c1-25(20,21)23-10-12-9-22-16(19)15(12)11-2-3-14(13(17)8-11)18-4-6-24-7-5-18/h2-3,8,12,15H,4-7,9-10H2,1H3/t12?,15-/m0/s1. The Kier molecular flexibility index (Phi) is 5.55. The number of anilines is 1. The zero-order chi connectivity index (χ0) is 18.0. The number of carbonyl (C=O) groups excluding carboxylic acids is 1. The van der Waals surface area contributed by atoms with Crippen molar-refractivity contribution in [3.05, 3.63) is 29.6 Å². The van der Waals surface area contributed by atoms with Crippen LogP contribution in [-0.4, -0.2) is 58.5 Å². The zero-order valence-electron chi connectivity index (χ0n) is 13.8. The number of hydrogen-bond donors (Lipinski definition) is 0. The van der Waals surface area contributed by atoms with Crippen molar-refractivity contribution < 1.29 is 26.5 Å². The average molecular weight is 389 g/mol. The van der Waals surface area contributed by atoms with Crippen LogP contribution in [0.3, 0.4) is 0 Å². The summed E-state index contributed by atoms with van der Waals surface area (Å²) in [6.45, 7) is 1.47. The molecule has 2 atom stereocenters. The van der Waals surface area contributed by atoms with Crippen LogP contribution in [0.4, 0.5) is 10.1 Å². The normalized spacial score (nSPS) is 24.4. The van der Waals surface area contributed by atoms with Crippen LogP contribution in [0.2, 0.25) is 0 Å². The first-order chi connectivity index (χ1) is 11.8. The molecule has 2 fully saturated rings. The summed E-state index contributed by atoms with van der Waals surface area (Å²) >= 11 is 1.84. The average Bonchev–Trinajstić information content (AvgIpc) is 2.94. The molecule has 1 unspecified atom stereocenters. The molecule has 0 N–H and O–H groups in total. The summed E-state index contributed by atoms with van der Waals surface area (Å²) in [6.07, 6.45) is 0.949. The lowest BCUT2D eigenvalue weighted by Gasteiger charge is -2.29. The Labute approximate surface area is 150 Å². The highest BCUT2D eigenvalue weighted by atomic mass is 32.2. The second kappa shape index (κ2) is 7.51. The van der Waals surface area contributed by atoms with E-state index in [0.29, 0.717) is 11.3 Å². The van der Waals surface area contributed by atoms with Gasteiger partial charge >= 0.3 is 5.97 Å². The number of benzene rings is 1. The second-order valence-corrected chi connectivity index (χ2v) is 9.04. The highest BCUT2D eigenvalue weighted by Crippen LogP contribution is 2.35. The van der Waals surface area contributed by atoms with Crippen LogP contribution in [0.25, 0.3) is 0 Å². The van der Waals surface area contributed by atoms with E-state index in [0.717, 1.165) is 30.9 Å². The highest BCUT2D eigenvalue weighted by Gasteiger charge is 2.39. The first-order valence-electron chi connectivity index (χ1n) is 7.98. The van der Waals surface area contributed by atoms with Gasteiger partial charge in [0.25, 0.3) is 10.1 Å². The number of cyclic esters (lactones) is 1. The predicted octanol–water partition coefficient (Wildman–Crippen LogP) is 1.61. The summed E-state index contributed by atoms with van der Waals surface area (Å²) in [5.74, 6) is -0.126. The van der Waals surface area contributed by atoms with Crippen LogP contribution >= 0.6 is 11.8 Å². The lowest BCUT2D eigenvalue weighted by atomic mass is 9.88. The Morgan fingerprint density at radius 1 is 1.36 bits per heavy atom. The van der Waals surface area contributed by atoms with Gasteiger partial charge in [-0.25, -0.2) is 4.39 Å². The summed E-state index contributed by atoms with van der Waals surface area (Å²) < 4.78 is 46.8. The van der Waals surface area contributed by atoms with Gasteiger partial charge in [0.2, 0.25) is 0 Å².